The summed E-state index contributed by atoms with van der Waals surface area (Å²) in [4.78, 5) is 10.7. The number of ether oxygens (including phenoxy) is 1. The van der Waals surface area contributed by atoms with Crippen LogP contribution in [0.25, 0.3) is 0 Å². The summed E-state index contributed by atoms with van der Waals surface area (Å²) >= 11 is 1.86. The number of aliphatic carboxylic acids is 1. The summed E-state index contributed by atoms with van der Waals surface area (Å²) in [5.74, 6) is -0.686. The van der Waals surface area contributed by atoms with Crippen LogP contribution in [0.4, 0.5) is 0 Å². The lowest BCUT2D eigenvalue weighted by Crippen LogP contribution is -2.42. The minimum absolute atomic E-state index is 0.136. The molecule has 1 aliphatic heterocycles. The maximum atomic E-state index is 10.7. The normalized spacial score (nSPS) is 29.1. The van der Waals surface area contributed by atoms with Crippen molar-refractivity contribution in [1.82, 2.24) is 0 Å². The van der Waals surface area contributed by atoms with E-state index in [1.165, 1.54) is 32.1 Å². The molecule has 3 nitrogen and oxygen atoms in total. The summed E-state index contributed by atoms with van der Waals surface area (Å²) < 4.78 is 6.07. The van der Waals surface area contributed by atoms with Crippen LogP contribution in [0.5, 0.6) is 0 Å². The average molecular weight is 272 g/mol. The molecule has 0 bridgehead atoms. The van der Waals surface area contributed by atoms with E-state index in [0.29, 0.717) is 5.25 Å². The van der Waals surface area contributed by atoms with E-state index < -0.39 is 5.97 Å². The molecule has 0 aromatic carbocycles. The summed E-state index contributed by atoms with van der Waals surface area (Å²) in [6, 6.07) is 0. The van der Waals surface area contributed by atoms with Gasteiger partial charge in [-0.15, -0.1) is 0 Å². The molecule has 1 aliphatic carbocycles. The third-order valence-electron chi connectivity index (χ3n) is 4.10. The zero-order valence-corrected chi connectivity index (χ0v) is 12.0. The number of thioether (sulfide) groups is 1. The summed E-state index contributed by atoms with van der Waals surface area (Å²) in [7, 11) is 0. The smallest absolute Gasteiger partial charge is 0.304 e. The van der Waals surface area contributed by atoms with Crippen molar-refractivity contribution in [3.05, 3.63) is 0 Å². The second-order valence-electron chi connectivity index (χ2n) is 5.75. The van der Waals surface area contributed by atoms with E-state index in [0.717, 1.165) is 19.4 Å². The van der Waals surface area contributed by atoms with Crippen LogP contribution in [0.1, 0.15) is 58.3 Å². The van der Waals surface area contributed by atoms with Crippen LogP contribution >= 0.6 is 11.8 Å². The van der Waals surface area contributed by atoms with Gasteiger partial charge >= 0.3 is 5.97 Å². The Morgan fingerprint density at radius 2 is 2.17 bits per heavy atom. The second kappa shape index (κ2) is 6.29. The lowest BCUT2D eigenvalue weighted by atomic mass is 9.80. The van der Waals surface area contributed by atoms with Gasteiger partial charge in [0, 0.05) is 17.1 Å². The van der Waals surface area contributed by atoms with Crippen molar-refractivity contribution in [2.45, 2.75) is 74.4 Å². The van der Waals surface area contributed by atoms with Crippen molar-refractivity contribution in [1.29, 1.82) is 0 Å². The molecule has 0 amide bonds. The van der Waals surface area contributed by atoms with Crippen molar-refractivity contribution < 1.29 is 14.6 Å². The molecule has 1 heterocycles. The highest BCUT2D eigenvalue weighted by atomic mass is 32.2. The Balaban J connectivity index is 1.84. The van der Waals surface area contributed by atoms with Gasteiger partial charge in [-0.1, -0.05) is 26.2 Å². The number of carboxylic acid groups (broad SMARTS) is 1. The first-order chi connectivity index (χ1) is 8.60. The predicted molar refractivity (Wildman–Crippen MR) is 74.1 cm³/mol. The van der Waals surface area contributed by atoms with E-state index in [1.807, 2.05) is 18.7 Å². The maximum Gasteiger partial charge on any atom is 0.304 e. The largest absolute Gasteiger partial charge is 0.481 e. The first kappa shape index (κ1) is 14.2. The Bertz CT molecular complexity index is 281. The Morgan fingerprint density at radius 3 is 2.83 bits per heavy atom. The fraction of sp³-hybridized carbons (Fsp3) is 0.929. The molecule has 2 rings (SSSR count). The summed E-state index contributed by atoms with van der Waals surface area (Å²) in [6.45, 7) is 2.89. The van der Waals surface area contributed by atoms with Crippen LogP contribution in [0, 0.1) is 0 Å². The molecule has 4 heteroatoms. The summed E-state index contributed by atoms with van der Waals surface area (Å²) in [6.07, 6.45) is 8.82. The molecule has 2 atom stereocenters. The zero-order chi connectivity index (χ0) is 13.0. The van der Waals surface area contributed by atoms with E-state index >= 15 is 0 Å². The Labute approximate surface area is 114 Å². The molecule has 1 spiro atoms. The average Bonchev–Trinajstić information content (AvgIpc) is 2.28. The molecule has 0 aromatic heterocycles. The molecule has 2 aliphatic rings. The SMILES string of the molecule is CC(CC(=O)O)SC1CCOC2(CCCCC2)C1. The molecular weight excluding hydrogens is 248 g/mol. The Morgan fingerprint density at radius 1 is 1.44 bits per heavy atom. The molecule has 0 aromatic rings. The third-order valence-corrected chi connectivity index (χ3v) is 5.52. The first-order valence-electron chi connectivity index (χ1n) is 7.11. The van der Waals surface area contributed by atoms with Crippen molar-refractivity contribution in [2.24, 2.45) is 0 Å². The van der Waals surface area contributed by atoms with Crippen LogP contribution in [-0.4, -0.2) is 33.8 Å². The molecule has 104 valence electrons. The Hall–Kier alpha value is -0.220. The van der Waals surface area contributed by atoms with Crippen molar-refractivity contribution in [3.8, 4) is 0 Å². The minimum atomic E-state index is -0.686. The lowest BCUT2D eigenvalue weighted by molar-refractivity contribution is -0.136. The fourth-order valence-corrected chi connectivity index (χ4v) is 4.79. The van der Waals surface area contributed by atoms with Crippen molar-refractivity contribution in [3.63, 3.8) is 0 Å². The van der Waals surface area contributed by atoms with Gasteiger partial charge in [-0.05, 0) is 25.7 Å². The third kappa shape index (κ3) is 3.89. The number of hydrogen-bond donors (Lipinski definition) is 1. The van der Waals surface area contributed by atoms with Crippen LogP contribution in [0.15, 0.2) is 0 Å². The van der Waals surface area contributed by atoms with E-state index in [4.69, 9.17) is 9.84 Å². The Kier molecular flexibility index (Phi) is 4.96. The number of carbonyl (C=O) groups is 1. The van der Waals surface area contributed by atoms with Gasteiger partial charge in [-0.2, -0.15) is 11.8 Å². The van der Waals surface area contributed by atoms with Gasteiger partial charge in [0.05, 0.1) is 12.0 Å². The molecule has 1 N–H and O–H groups in total. The van der Waals surface area contributed by atoms with Crippen LogP contribution in [-0.2, 0) is 9.53 Å². The van der Waals surface area contributed by atoms with Crippen LogP contribution in [0.2, 0.25) is 0 Å². The fourth-order valence-electron chi connectivity index (χ4n) is 3.27. The standard InChI is InChI=1S/C14H24O3S/c1-11(9-13(15)16)18-12-5-8-17-14(10-12)6-3-2-4-7-14/h11-12H,2-10H2,1H3,(H,15,16). The van der Waals surface area contributed by atoms with E-state index in [-0.39, 0.29) is 17.3 Å². The molecule has 2 fully saturated rings. The van der Waals surface area contributed by atoms with Crippen molar-refractivity contribution in [2.75, 3.05) is 6.61 Å². The molecule has 1 saturated carbocycles. The molecule has 2 unspecified atom stereocenters. The first-order valence-corrected chi connectivity index (χ1v) is 8.05. The highest BCUT2D eigenvalue weighted by Crippen LogP contribution is 2.42. The highest BCUT2D eigenvalue weighted by Gasteiger charge is 2.38. The lowest BCUT2D eigenvalue weighted by Gasteiger charge is -2.43. The topological polar surface area (TPSA) is 46.5 Å². The molecule has 1 saturated heterocycles. The van der Waals surface area contributed by atoms with Gasteiger partial charge in [0.25, 0.3) is 0 Å². The van der Waals surface area contributed by atoms with Crippen LogP contribution in [0.3, 0.4) is 0 Å². The van der Waals surface area contributed by atoms with E-state index in [9.17, 15) is 4.79 Å². The number of rotatable bonds is 4. The number of hydrogen-bond acceptors (Lipinski definition) is 3. The second-order valence-corrected chi connectivity index (χ2v) is 7.50. The van der Waals surface area contributed by atoms with Gasteiger partial charge < -0.3 is 9.84 Å². The van der Waals surface area contributed by atoms with Gasteiger partial charge in [-0.3, -0.25) is 4.79 Å². The van der Waals surface area contributed by atoms with E-state index in [1.54, 1.807) is 0 Å². The maximum absolute atomic E-state index is 10.7. The minimum Gasteiger partial charge on any atom is -0.481 e. The monoisotopic (exact) mass is 272 g/mol. The van der Waals surface area contributed by atoms with E-state index in [2.05, 4.69) is 0 Å². The predicted octanol–water partition coefficient (Wildman–Crippen LogP) is 3.46. The molecule has 18 heavy (non-hydrogen) atoms. The van der Waals surface area contributed by atoms with Crippen molar-refractivity contribution >= 4 is 17.7 Å². The summed E-state index contributed by atoms with van der Waals surface area (Å²) in [5, 5.41) is 9.62. The molecule has 0 radical (unpaired) electrons. The summed E-state index contributed by atoms with van der Waals surface area (Å²) in [5.41, 5.74) is 0.136. The number of carboxylic acids is 1. The van der Waals surface area contributed by atoms with Gasteiger partial charge in [-0.25, -0.2) is 0 Å². The van der Waals surface area contributed by atoms with Gasteiger partial charge in [0.1, 0.15) is 0 Å². The van der Waals surface area contributed by atoms with Gasteiger partial charge in [0.2, 0.25) is 0 Å². The molecular formula is C14H24O3S. The zero-order valence-electron chi connectivity index (χ0n) is 11.2. The van der Waals surface area contributed by atoms with Crippen LogP contribution < -0.4 is 0 Å². The van der Waals surface area contributed by atoms with Gasteiger partial charge in [0.15, 0.2) is 0 Å². The quantitative estimate of drug-likeness (QED) is 0.851. The highest BCUT2D eigenvalue weighted by molar-refractivity contribution is 8.00.